The Bertz CT molecular complexity index is 4820. The number of hydrogen-bond donors (Lipinski definition) is 0. The van der Waals surface area contributed by atoms with Gasteiger partial charge in [0.25, 0.3) is 6.33 Å². The number of pyridine rings is 1. The van der Waals surface area contributed by atoms with Crippen LogP contribution in [0.1, 0.15) is 158 Å². The Balaban J connectivity index is 1.10. The summed E-state index contributed by atoms with van der Waals surface area (Å²) in [6, 6.07) is 87.2. The zero-order valence-corrected chi connectivity index (χ0v) is 59.3. The molecule has 0 bridgehead atoms. The van der Waals surface area contributed by atoms with E-state index in [1.807, 2.05) is 6.20 Å². The first kappa shape index (κ1) is 64.1. The maximum Gasteiger partial charge on any atom is 0.255 e. The van der Waals surface area contributed by atoms with E-state index in [1.165, 1.54) is 66.8 Å². The minimum Gasteiger partial charge on any atom is -0.310 e. The van der Waals surface area contributed by atoms with Crippen LogP contribution >= 0.6 is 0 Å². The van der Waals surface area contributed by atoms with E-state index in [4.69, 9.17) is 4.98 Å². The second-order valence-electron chi connectivity index (χ2n) is 32.6. The third-order valence-corrected chi connectivity index (χ3v) is 19.4. The standard InChI is InChI=1S/C90H94N5/c1-85(2,3)63-44-45-91-83(55-63)95-79-37-26-25-34-76(79)78-48-61(59-30-21-19-22-31-59)40-42-75(78)77-43-41-69(57-82(77)95)94(71-52-66(88(10,11)12)50-67(53-71)89(13,14)15)72-54-68(90(16,17)18)51-70(56-72)92-58-93(81-39-28-27-38-80(81)92)84-73(60-32-23-20-24-33-60)35-29-36-74(84)62-46-64(86(4,5)6)49-65(47-62)87(7,8)9/h19-58H,1-18H3/q+1. The van der Waals surface area contributed by atoms with Crippen LogP contribution in [-0.4, -0.2) is 9.55 Å². The minimum absolute atomic E-state index is 0.0699. The van der Waals surface area contributed by atoms with Crippen LogP contribution < -0.4 is 14.4 Å². The first-order valence-corrected chi connectivity index (χ1v) is 34.1. The molecule has 0 saturated carbocycles. The third-order valence-electron chi connectivity index (χ3n) is 19.4. The summed E-state index contributed by atoms with van der Waals surface area (Å²) in [7, 11) is 0. The number of aromatic nitrogens is 3. The molecule has 0 saturated heterocycles. The van der Waals surface area contributed by atoms with Crippen molar-refractivity contribution >= 4 is 45.3 Å². The zero-order chi connectivity index (χ0) is 67.3. The summed E-state index contributed by atoms with van der Waals surface area (Å²) in [6.07, 6.45) is 4.35. The summed E-state index contributed by atoms with van der Waals surface area (Å²) in [5, 5.41) is 0. The first-order valence-electron chi connectivity index (χ1n) is 34.1. The summed E-state index contributed by atoms with van der Waals surface area (Å²) in [5.74, 6) is 0.869. The molecule has 0 atom stereocenters. The Kier molecular flexibility index (Phi) is 16.0. The molecular formula is C90H94N5+. The molecule has 5 heteroatoms. The second kappa shape index (κ2) is 23.7. The number of para-hydroxylation sites is 4. The van der Waals surface area contributed by atoms with Crippen molar-refractivity contribution in [1.29, 1.82) is 0 Å². The van der Waals surface area contributed by atoms with Gasteiger partial charge in [-0.15, -0.1) is 0 Å². The Labute approximate surface area is 566 Å². The molecule has 0 radical (unpaired) electrons. The van der Waals surface area contributed by atoms with E-state index in [0.29, 0.717) is 0 Å². The molecule has 0 aliphatic carbocycles. The lowest BCUT2D eigenvalue weighted by Crippen LogP contribution is -2.31. The molecule has 0 spiro atoms. The number of rotatable bonds is 9. The predicted molar refractivity (Wildman–Crippen MR) is 405 cm³/mol. The maximum absolute atomic E-state index is 5.32. The smallest absolute Gasteiger partial charge is 0.255 e. The van der Waals surface area contributed by atoms with Gasteiger partial charge in [0.05, 0.1) is 17.1 Å². The van der Waals surface area contributed by atoms with Crippen molar-refractivity contribution in [2.75, 3.05) is 9.80 Å². The van der Waals surface area contributed by atoms with Crippen LogP contribution in [0.25, 0.3) is 78.0 Å². The van der Waals surface area contributed by atoms with Crippen LogP contribution in [0.3, 0.4) is 0 Å². The van der Waals surface area contributed by atoms with E-state index in [2.05, 4.69) is 380 Å². The summed E-state index contributed by atoms with van der Waals surface area (Å²) < 4.78 is 4.92. The highest BCUT2D eigenvalue weighted by atomic mass is 15.2. The Hall–Kier alpha value is -9.58. The summed E-state index contributed by atoms with van der Waals surface area (Å²) in [4.78, 5) is 10.3. The molecule has 2 aromatic heterocycles. The van der Waals surface area contributed by atoms with Gasteiger partial charge < -0.3 is 4.90 Å². The van der Waals surface area contributed by atoms with Gasteiger partial charge in [-0.25, -0.2) is 4.98 Å². The molecule has 13 rings (SSSR count). The molecule has 10 aromatic carbocycles. The third kappa shape index (κ3) is 12.5. The van der Waals surface area contributed by atoms with Crippen LogP contribution in [0.15, 0.2) is 243 Å². The normalized spacial score (nSPS) is 12.9. The van der Waals surface area contributed by atoms with Gasteiger partial charge in [0, 0.05) is 45.9 Å². The number of benzene rings is 10. The van der Waals surface area contributed by atoms with Gasteiger partial charge in [0.2, 0.25) is 0 Å². The topological polar surface area (TPSA) is 28.2 Å². The molecule has 1 aliphatic rings. The maximum atomic E-state index is 5.32. The van der Waals surface area contributed by atoms with Crippen LogP contribution in [0.2, 0.25) is 0 Å². The fourth-order valence-corrected chi connectivity index (χ4v) is 13.5. The second-order valence-corrected chi connectivity index (χ2v) is 32.6. The van der Waals surface area contributed by atoms with Crippen molar-refractivity contribution in [3.05, 3.63) is 276 Å². The van der Waals surface area contributed by atoms with Crippen LogP contribution in [-0.2, 0) is 32.5 Å². The fraction of sp³-hybridized carbons (Fsp3) is 0.267. The van der Waals surface area contributed by atoms with E-state index < -0.39 is 0 Å². The lowest BCUT2D eigenvalue weighted by Gasteiger charge is -2.33. The molecule has 3 heterocycles. The van der Waals surface area contributed by atoms with E-state index >= 15 is 0 Å². The molecule has 478 valence electrons. The highest BCUT2D eigenvalue weighted by Gasteiger charge is 2.34. The van der Waals surface area contributed by atoms with E-state index in [1.54, 1.807) is 0 Å². The van der Waals surface area contributed by atoms with Crippen LogP contribution in [0.5, 0.6) is 0 Å². The van der Waals surface area contributed by atoms with E-state index in [-0.39, 0.29) is 32.5 Å². The molecule has 95 heavy (non-hydrogen) atoms. The first-order chi connectivity index (χ1) is 44.9. The SMILES string of the molecule is CC(C)(C)c1cc(N(c2cc(C(C)(C)C)cc(C(C)(C)C)c2)c2ccc3c(c2)N(c2cc(C(C)(C)C)ccn2)c2ccccc2-c2cc(-c4ccccc4)ccc2-3)cc(-n2c[n+](-c3c(-c4ccccc4)cccc3-c3cc(C(C)(C)C)cc(C(C)(C)C)c3)c3ccccc32)c1. The van der Waals surface area contributed by atoms with Gasteiger partial charge in [-0.05, 0) is 172 Å². The number of hydrogen-bond acceptors (Lipinski definition) is 3. The van der Waals surface area contributed by atoms with Gasteiger partial charge in [-0.3, -0.25) is 4.90 Å². The highest BCUT2D eigenvalue weighted by molar-refractivity contribution is 6.04. The predicted octanol–water partition coefficient (Wildman–Crippen LogP) is 24.7. The van der Waals surface area contributed by atoms with Crippen molar-refractivity contribution in [1.82, 2.24) is 9.55 Å². The van der Waals surface area contributed by atoms with Crippen molar-refractivity contribution in [3.8, 4) is 67.0 Å². The van der Waals surface area contributed by atoms with E-state index in [9.17, 15) is 0 Å². The Morgan fingerprint density at radius 3 is 1.42 bits per heavy atom. The summed E-state index contributed by atoms with van der Waals surface area (Å²) in [5.41, 5.74) is 28.2. The number of nitrogens with zero attached hydrogens (tertiary/aromatic N) is 5. The van der Waals surface area contributed by atoms with Crippen molar-refractivity contribution in [2.45, 2.75) is 157 Å². The zero-order valence-electron chi connectivity index (χ0n) is 59.3. The van der Waals surface area contributed by atoms with Crippen molar-refractivity contribution < 1.29 is 4.57 Å². The average Bonchev–Trinajstić information content (AvgIpc) is 1.64. The van der Waals surface area contributed by atoms with Crippen molar-refractivity contribution in [3.63, 3.8) is 0 Å². The Morgan fingerprint density at radius 1 is 0.316 bits per heavy atom. The minimum atomic E-state index is -0.255. The number of fused-ring (bicyclic) bond motifs is 6. The molecule has 5 nitrogen and oxygen atoms in total. The fourth-order valence-electron chi connectivity index (χ4n) is 13.5. The molecule has 0 N–H and O–H groups in total. The molecule has 0 unspecified atom stereocenters. The van der Waals surface area contributed by atoms with E-state index in [0.717, 1.165) is 78.9 Å². The number of imidazole rings is 1. The molecule has 1 aliphatic heterocycles. The molecule has 0 amide bonds. The van der Waals surface area contributed by atoms with Gasteiger partial charge in [0.15, 0.2) is 11.0 Å². The average molecular weight is 1250 g/mol. The Morgan fingerprint density at radius 2 is 0.811 bits per heavy atom. The molecule has 12 aromatic rings. The van der Waals surface area contributed by atoms with Gasteiger partial charge in [0.1, 0.15) is 17.2 Å². The van der Waals surface area contributed by atoms with Gasteiger partial charge in [-0.2, -0.15) is 9.13 Å². The quantitative estimate of drug-likeness (QED) is 0.135. The highest BCUT2D eigenvalue weighted by Crippen LogP contribution is 2.54. The van der Waals surface area contributed by atoms with Crippen LogP contribution in [0, 0.1) is 0 Å². The lowest BCUT2D eigenvalue weighted by atomic mass is 9.78. The summed E-state index contributed by atoms with van der Waals surface area (Å²) >= 11 is 0. The monoisotopic (exact) mass is 1240 g/mol. The largest absolute Gasteiger partial charge is 0.310 e. The van der Waals surface area contributed by atoms with Crippen LogP contribution in [0.4, 0.5) is 34.3 Å². The van der Waals surface area contributed by atoms with Crippen molar-refractivity contribution in [2.24, 2.45) is 0 Å². The van der Waals surface area contributed by atoms with Gasteiger partial charge in [-0.1, -0.05) is 276 Å². The molecular weight excluding hydrogens is 1150 g/mol. The lowest BCUT2D eigenvalue weighted by molar-refractivity contribution is -0.566. The molecule has 0 fully saturated rings. The summed E-state index contributed by atoms with van der Waals surface area (Å²) in [6.45, 7) is 42.0. The van der Waals surface area contributed by atoms with Gasteiger partial charge >= 0.3 is 0 Å². The number of anilines is 6.